The lowest BCUT2D eigenvalue weighted by molar-refractivity contribution is 0.0786. The molecule has 0 amide bonds. The van der Waals surface area contributed by atoms with Crippen LogP contribution in [0.15, 0.2) is 18.6 Å². The first-order chi connectivity index (χ1) is 10.9. The van der Waals surface area contributed by atoms with Crippen molar-refractivity contribution in [2.45, 2.75) is 39.0 Å². The number of rotatable bonds is 6. The van der Waals surface area contributed by atoms with E-state index in [0.29, 0.717) is 13.3 Å². The van der Waals surface area contributed by atoms with E-state index < -0.39 is 8.07 Å². The Balaban J connectivity index is 1.55. The highest BCUT2D eigenvalue weighted by Gasteiger charge is 2.17. The number of nitrogen functional groups attached to an aromatic ring is 1. The van der Waals surface area contributed by atoms with Crippen LogP contribution in [0.4, 0.5) is 11.6 Å². The van der Waals surface area contributed by atoms with Gasteiger partial charge in [0.2, 0.25) is 5.95 Å². The summed E-state index contributed by atoms with van der Waals surface area (Å²) in [6.07, 6.45) is 7.56. The topological polar surface area (TPSA) is 87.0 Å². The number of ether oxygens (including phenoxy) is 1. The molecule has 0 aromatic carbocycles. The molecule has 3 heterocycles. The second-order valence-corrected chi connectivity index (χ2v) is 12.5. The van der Waals surface area contributed by atoms with Crippen LogP contribution in [0.2, 0.25) is 25.7 Å². The van der Waals surface area contributed by atoms with Crippen molar-refractivity contribution in [3.05, 3.63) is 24.4 Å². The first kappa shape index (κ1) is 15.8. The fourth-order valence-corrected chi connectivity index (χ4v) is 2.99. The second-order valence-electron chi connectivity index (χ2n) is 6.84. The van der Waals surface area contributed by atoms with Crippen molar-refractivity contribution >= 4 is 25.9 Å². The summed E-state index contributed by atoms with van der Waals surface area (Å²) in [6, 6.07) is 1.16. The molecule has 23 heavy (non-hydrogen) atoms. The summed E-state index contributed by atoms with van der Waals surface area (Å²) in [6.45, 7) is 8.91. The molecular formula is C14H23N7OSi. The Bertz CT molecular complexity index is 700. The van der Waals surface area contributed by atoms with Crippen molar-refractivity contribution in [2.24, 2.45) is 0 Å². The molecule has 0 bridgehead atoms. The normalized spacial score (nSPS) is 14.3. The van der Waals surface area contributed by atoms with Gasteiger partial charge in [0, 0.05) is 27.1 Å². The monoisotopic (exact) mass is 333 g/mol. The van der Waals surface area contributed by atoms with Crippen LogP contribution in [0.5, 0.6) is 0 Å². The SMILES string of the molecule is C[Si](C)(C)CCOCn1cc(N2C=Cn3nc(N)nc3C2)cn1. The number of nitrogens with zero attached hydrogens (tertiary/aromatic N) is 6. The molecule has 0 spiro atoms. The Morgan fingerprint density at radius 2 is 2.13 bits per heavy atom. The molecule has 8 nitrogen and oxygen atoms in total. The van der Waals surface area contributed by atoms with Crippen LogP contribution in [0.3, 0.4) is 0 Å². The summed E-state index contributed by atoms with van der Waals surface area (Å²) < 4.78 is 9.21. The zero-order valence-electron chi connectivity index (χ0n) is 13.8. The van der Waals surface area contributed by atoms with E-state index in [9.17, 15) is 0 Å². The Morgan fingerprint density at radius 1 is 1.30 bits per heavy atom. The molecule has 0 unspecified atom stereocenters. The minimum Gasteiger partial charge on any atom is -0.366 e. The number of hydrogen-bond acceptors (Lipinski definition) is 6. The van der Waals surface area contributed by atoms with Crippen molar-refractivity contribution in [2.75, 3.05) is 17.2 Å². The van der Waals surface area contributed by atoms with Crippen molar-refractivity contribution in [1.29, 1.82) is 0 Å². The quantitative estimate of drug-likeness (QED) is 0.641. The average molecular weight is 333 g/mol. The van der Waals surface area contributed by atoms with E-state index in [1.807, 2.05) is 24.8 Å². The van der Waals surface area contributed by atoms with Crippen LogP contribution in [-0.2, 0) is 18.0 Å². The summed E-state index contributed by atoms with van der Waals surface area (Å²) in [7, 11) is -1.05. The molecule has 2 aromatic rings. The maximum absolute atomic E-state index is 5.71. The Hall–Kier alpha value is -2.13. The highest BCUT2D eigenvalue weighted by atomic mass is 28.3. The lowest BCUT2D eigenvalue weighted by Gasteiger charge is -2.21. The lowest BCUT2D eigenvalue weighted by atomic mass is 10.4. The zero-order chi connectivity index (χ0) is 16.4. The van der Waals surface area contributed by atoms with E-state index >= 15 is 0 Å². The van der Waals surface area contributed by atoms with Crippen molar-refractivity contribution in [3.8, 4) is 0 Å². The highest BCUT2D eigenvalue weighted by Crippen LogP contribution is 2.20. The molecule has 0 saturated carbocycles. The fraction of sp³-hybridized carbons (Fsp3) is 0.500. The highest BCUT2D eigenvalue weighted by molar-refractivity contribution is 6.76. The first-order valence-corrected chi connectivity index (χ1v) is 11.4. The summed E-state index contributed by atoms with van der Waals surface area (Å²) in [5.41, 5.74) is 6.61. The number of nitrogens with two attached hydrogens (primary N) is 1. The Labute approximate surface area is 136 Å². The Morgan fingerprint density at radius 3 is 2.91 bits per heavy atom. The van der Waals surface area contributed by atoms with E-state index in [1.54, 1.807) is 9.36 Å². The van der Waals surface area contributed by atoms with Crippen LogP contribution in [0, 0.1) is 0 Å². The lowest BCUT2D eigenvalue weighted by Crippen LogP contribution is -2.22. The summed E-state index contributed by atoms with van der Waals surface area (Å²) in [5, 5.41) is 8.43. The van der Waals surface area contributed by atoms with Gasteiger partial charge in [0.15, 0.2) is 5.82 Å². The molecule has 1 aliphatic rings. The summed E-state index contributed by atoms with van der Waals surface area (Å²) in [4.78, 5) is 6.26. The Kier molecular flexibility index (Phi) is 4.22. The molecular weight excluding hydrogens is 310 g/mol. The molecule has 2 N–H and O–H groups in total. The van der Waals surface area contributed by atoms with Gasteiger partial charge in [0.05, 0.1) is 24.6 Å². The standard InChI is InChI=1S/C14H23N7OSi/c1-23(2,3)7-6-22-11-20-9-12(8-16-20)19-4-5-21-13(10-19)17-14(15)18-21/h4-5,8-9H,6-7,10-11H2,1-3H3,(H2,15,18). The van der Waals surface area contributed by atoms with Crippen LogP contribution in [0.1, 0.15) is 5.82 Å². The van der Waals surface area contributed by atoms with Crippen molar-refractivity contribution < 1.29 is 4.74 Å². The van der Waals surface area contributed by atoms with Gasteiger partial charge in [-0.15, -0.1) is 5.10 Å². The number of aromatic nitrogens is 5. The van der Waals surface area contributed by atoms with Gasteiger partial charge in [0.25, 0.3) is 0 Å². The molecule has 2 aromatic heterocycles. The van der Waals surface area contributed by atoms with Crippen LogP contribution >= 0.6 is 0 Å². The van der Waals surface area contributed by atoms with Gasteiger partial charge in [-0.3, -0.25) is 0 Å². The van der Waals surface area contributed by atoms with Gasteiger partial charge >= 0.3 is 0 Å². The van der Waals surface area contributed by atoms with Gasteiger partial charge in [0.1, 0.15) is 6.73 Å². The molecule has 0 radical (unpaired) electrons. The molecule has 0 atom stereocenters. The minimum atomic E-state index is -1.05. The third-order valence-electron chi connectivity index (χ3n) is 3.59. The molecule has 3 rings (SSSR count). The van der Waals surface area contributed by atoms with E-state index in [2.05, 4.69) is 39.7 Å². The van der Waals surface area contributed by atoms with Gasteiger partial charge in [-0.05, 0) is 6.04 Å². The van der Waals surface area contributed by atoms with Crippen LogP contribution < -0.4 is 10.6 Å². The van der Waals surface area contributed by atoms with Crippen molar-refractivity contribution in [1.82, 2.24) is 24.5 Å². The zero-order valence-corrected chi connectivity index (χ0v) is 14.8. The summed E-state index contributed by atoms with van der Waals surface area (Å²) >= 11 is 0. The maximum atomic E-state index is 5.71. The fourth-order valence-electron chi connectivity index (χ4n) is 2.24. The van der Waals surface area contributed by atoms with Gasteiger partial charge < -0.3 is 15.4 Å². The maximum Gasteiger partial charge on any atom is 0.240 e. The first-order valence-electron chi connectivity index (χ1n) is 7.67. The molecule has 0 aliphatic carbocycles. The van der Waals surface area contributed by atoms with Crippen molar-refractivity contribution in [3.63, 3.8) is 0 Å². The molecule has 1 aliphatic heterocycles. The molecule has 9 heteroatoms. The molecule has 0 saturated heterocycles. The summed E-state index contributed by atoms with van der Waals surface area (Å²) in [5.74, 6) is 1.10. The smallest absolute Gasteiger partial charge is 0.240 e. The number of anilines is 2. The largest absolute Gasteiger partial charge is 0.366 e. The van der Waals surface area contributed by atoms with E-state index in [0.717, 1.165) is 24.2 Å². The number of fused-ring (bicyclic) bond motifs is 1. The second kappa shape index (κ2) is 6.17. The average Bonchev–Trinajstić information content (AvgIpc) is 3.07. The third kappa shape index (κ3) is 3.99. The third-order valence-corrected chi connectivity index (χ3v) is 5.29. The van der Waals surface area contributed by atoms with Crippen LogP contribution in [0.25, 0.3) is 6.20 Å². The van der Waals surface area contributed by atoms with Crippen LogP contribution in [-0.4, -0.2) is 39.2 Å². The van der Waals surface area contributed by atoms with Gasteiger partial charge in [-0.25, -0.2) is 9.36 Å². The molecule has 0 fully saturated rings. The predicted molar refractivity (Wildman–Crippen MR) is 92.3 cm³/mol. The number of hydrogen-bond donors (Lipinski definition) is 1. The van der Waals surface area contributed by atoms with E-state index in [4.69, 9.17) is 10.5 Å². The van der Waals surface area contributed by atoms with Gasteiger partial charge in [-0.1, -0.05) is 19.6 Å². The molecule has 124 valence electrons. The van der Waals surface area contributed by atoms with Gasteiger partial charge in [-0.2, -0.15) is 10.1 Å². The van der Waals surface area contributed by atoms with E-state index in [-0.39, 0.29) is 5.95 Å². The minimum absolute atomic E-state index is 0.290. The van der Waals surface area contributed by atoms with E-state index in [1.165, 1.54) is 0 Å². The predicted octanol–water partition coefficient (Wildman–Crippen LogP) is 1.82.